The van der Waals surface area contributed by atoms with Gasteiger partial charge in [0, 0.05) is 11.6 Å². The molecule has 25 heavy (non-hydrogen) atoms. The van der Waals surface area contributed by atoms with Crippen molar-refractivity contribution in [3.05, 3.63) is 23.8 Å². The predicted octanol–water partition coefficient (Wildman–Crippen LogP) is 1.22. The Bertz CT molecular complexity index is 743. The molecule has 1 rings (SSSR count). The summed E-state index contributed by atoms with van der Waals surface area (Å²) in [5.74, 6) is -2.08. The summed E-state index contributed by atoms with van der Waals surface area (Å²) in [4.78, 5) is 23.4. The van der Waals surface area contributed by atoms with Crippen LogP contribution in [0.15, 0.2) is 23.1 Å². The summed E-state index contributed by atoms with van der Waals surface area (Å²) in [5.41, 5.74) is 0.0248. The number of rotatable bonds is 8. The first-order valence-electron chi connectivity index (χ1n) is 7.73. The molecule has 0 heterocycles. The van der Waals surface area contributed by atoms with Gasteiger partial charge in [-0.05, 0) is 38.0 Å². The number of nitrogens with one attached hydrogen (secondary N) is 2. The molecule has 0 aromatic heterocycles. The van der Waals surface area contributed by atoms with Crippen molar-refractivity contribution in [3.8, 4) is 5.75 Å². The third-order valence-electron chi connectivity index (χ3n) is 3.33. The number of aliphatic carboxylic acids is 1. The highest BCUT2D eigenvalue weighted by Gasteiger charge is 2.26. The summed E-state index contributed by atoms with van der Waals surface area (Å²) in [6.07, 6.45) is 0. The summed E-state index contributed by atoms with van der Waals surface area (Å²) in [7, 11) is -2.57. The number of ether oxygens (including phenoxy) is 1. The van der Waals surface area contributed by atoms with Gasteiger partial charge in [0.2, 0.25) is 10.0 Å². The lowest BCUT2D eigenvalue weighted by Gasteiger charge is -2.18. The molecule has 8 nitrogen and oxygen atoms in total. The van der Waals surface area contributed by atoms with Crippen LogP contribution in [0.5, 0.6) is 5.75 Å². The van der Waals surface area contributed by atoms with Crippen molar-refractivity contribution in [1.82, 2.24) is 10.0 Å². The minimum atomic E-state index is -3.89. The second kappa shape index (κ2) is 8.30. The first-order valence-corrected chi connectivity index (χ1v) is 9.22. The quantitative estimate of drug-likeness (QED) is 0.631. The number of amides is 1. The van der Waals surface area contributed by atoms with Crippen molar-refractivity contribution in [3.63, 3.8) is 0 Å². The van der Waals surface area contributed by atoms with Crippen LogP contribution >= 0.6 is 0 Å². The number of benzene rings is 1. The number of carboxylic acid groups (broad SMARTS) is 1. The molecule has 0 bridgehead atoms. The molecule has 1 aromatic carbocycles. The molecule has 1 unspecified atom stereocenters. The zero-order valence-electron chi connectivity index (χ0n) is 14.9. The van der Waals surface area contributed by atoms with E-state index < -0.39 is 27.9 Å². The molecule has 1 amide bonds. The Labute approximate surface area is 147 Å². The minimum absolute atomic E-state index is 0.0248. The largest absolute Gasteiger partial charge is 0.495 e. The van der Waals surface area contributed by atoms with E-state index in [0.29, 0.717) is 0 Å². The van der Waals surface area contributed by atoms with E-state index in [1.807, 2.05) is 0 Å². The maximum absolute atomic E-state index is 12.4. The topological polar surface area (TPSA) is 122 Å². The van der Waals surface area contributed by atoms with Crippen molar-refractivity contribution < 1.29 is 27.9 Å². The van der Waals surface area contributed by atoms with Crippen LogP contribution in [0.1, 0.15) is 38.1 Å². The number of hydrogen-bond donors (Lipinski definition) is 3. The highest BCUT2D eigenvalue weighted by Crippen LogP contribution is 2.25. The second-order valence-corrected chi connectivity index (χ2v) is 7.86. The number of carbonyl (C=O) groups excluding carboxylic acids is 1. The molecule has 0 fully saturated rings. The third-order valence-corrected chi connectivity index (χ3v) is 5.01. The van der Waals surface area contributed by atoms with Crippen LogP contribution in [0, 0.1) is 5.92 Å². The molecule has 9 heteroatoms. The smallest absolute Gasteiger partial charge is 0.326 e. The van der Waals surface area contributed by atoms with Gasteiger partial charge in [0.1, 0.15) is 16.7 Å². The molecule has 1 atom stereocenters. The van der Waals surface area contributed by atoms with Crippen molar-refractivity contribution in [2.75, 3.05) is 7.11 Å². The molecule has 1 aromatic rings. The zero-order valence-corrected chi connectivity index (χ0v) is 15.7. The van der Waals surface area contributed by atoms with Gasteiger partial charge < -0.3 is 15.2 Å². The Morgan fingerprint density at radius 1 is 1.16 bits per heavy atom. The second-order valence-electron chi connectivity index (χ2n) is 6.18. The number of methoxy groups -OCH3 is 1. The number of carboxylic acids is 1. The lowest BCUT2D eigenvalue weighted by Crippen LogP contribution is -2.44. The highest BCUT2D eigenvalue weighted by atomic mass is 32.2. The molecule has 0 saturated heterocycles. The van der Waals surface area contributed by atoms with Crippen LogP contribution < -0.4 is 14.8 Å². The van der Waals surface area contributed by atoms with Crippen molar-refractivity contribution >= 4 is 21.9 Å². The molecule has 0 saturated carbocycles. The van der Waals surface area contributed by atoms with Crippen LogP contribution in [0.25, 0.3) is 0 Å². The molecule has 0 aliphatic carbocycles. The fourth-order valence-corrected chi connectivity index (χ4v) is 3.59. The van der Waals surface area contributed by atoms with Gasteiger partial charge in [0.15, 0.2) is 0 Å². The van der Waals surface area contributed by atoms with Crippen LogP contribution in [0.2, 0.25) is 0 Å². The average Bonchev–Trinajstić information content (AvgIpc) is 2.49. The molecule has 140 valence electrons. The first-order chi connectivity index (χ1) is 11.5. The molecule has 0 spiro atoms. The van der Waals surface area contributed by atoms with E-state index in [1.54, 1.807) is 27.7 Å². The standard InChI is InChI=1S/C16H24N2O6S/c1-9(2)14(16(20)21)17-15(19)11-6-7-12(24-5)13(8-11)25(22,23)18-10(3)4/h6-10,14,18H,1-5H3,(H,17,19)(H,20,21). The summed E-state index contributed by atoms with van der Waals surface area (Å²) in [6, 6.07) is 2.47. The van der Waals surface area contributed by atoms with Crippen LogP contribution in [-0.2, 0) is 14.8 Å². The first kappa shape index (κ1) is 20.9. The Morgan fingerprint density at radius 2 is 1.76 bits per heavy atom. The lowest BCUT2D eigenvalue weighted by atomic mass is 10.0. The minimum Gasteiger partial charge on any atom is -0.495 e. The van der Waals surface area contributed by atoms with E-state index in [-0.39, 0.29) is 28.2 Å². The van der Waals surface area contributed by atoms with E-state index in [1.165, 1.54) is 19.2 Å². The van der Waals surface area contributed by atoms with Gasteiger partial charge >= 0.3 is 5.97 Å². The van der Waals surface area contributed by atoms with Gasteiger partial charge in [-0.25, -0.2) is 17.9 Å². The van der Waals surface area contributed by atoms with E-state index >= 15 is 0 Å². The van der Waals surface area contributed by atoms with E-state index in [4.69, 9.17) is 9.84 Å². The van der Waals surface area contributed by atoms with Gasteiger partial charge in [-0.3, -0.25) is 4.79 Å². The summed E-state index contributed by atoms with van der Waals surface area (Å²) >= 11 is 0. The van der Waals surface area contributed by atoms with Gasteiger partial charge in [0.25, 0.3) is 5.91 Å². The van der Waals surface area contributed by atoms with Crippen LogP contribution in [0.3, 0.4) is 0 Å². The monoisotopic (exact) mass is 372 g/mol. The molecular weight excluding hydrogens is 348 g/mol. The van der Waals surface area contributed by atoms with Gasteiger partial charge in [0.05, 0.1) is 7.11 Å². The summed E-state index contributed by atoms with van der Waals surface area (Å²) in [6.45, 7) is 6.66. The van der Waals surface area contributed by atoms with Crippen LogP contribution in [-0.4, -0.2) is 44.6 Å². The van der Waals surface area contributed by atoms with E-state index in [2.05, 4.69) is 10.0 Å². The highest BCUT2D eigenvalue weighted by molar-refractivity contribution is 7.89. The van der Waals surface area contributed by atoms with E-state index in [0.717, 1.165) is 6.07 Å². The Hall–Kier alpha value is -2.13. The maximum Gasteiger partial charge on any atom is 0.326 e. The number of hydrogen-bond acceptors (Lipinski definition) is 5. The summed E-state index contributed by atoms with van der Waals surface area (Å²) in [5, 5.41) is 11.6. The van der Waals surface area contributed by atoms with Gasteiger partial charge in [-0.1, -0.05) is 13.8 Å². The number of sulfonamides is 1. The fraction of sp³-hybridized carbons (Fsp3) is 0.500. The molecular formula is C16H24N2O6S. The predicted molar refractivity (Wildman–Crippen MR) is 92.2 cm³/mol. The molecule has 0 aliphatic heterocycles. The summed E-state index contributed by atoms with van der Waals surface area (Å²) < 4.78 is 32.3. The maximum atomic E-state index is 12.4. The number of carbonyl (C=O) groups is 2. The Morgan fingerprint density at radius 3 is 2.20 bits per heavy atom. The van der Waals surface area contributed by atoms with Gasteiger partial charge in [-0.2, -0.15) is 0 Å². The van der Waals surface area contributed by atoms with Gasteiger partial charge in [-0.15, -0.1) is 0 Å². The molecule has 0 aliphatic rings. The lowest BCUT2D eigenvalue weighted by molar-refractivity contribution is -0.140. The SMILES string of the molecule is COc1ccc(C(=O)NC(C(=O)O)C(C)C)cc1S(=O)(=O)NC(C)C. The molecule has 3 N–H and O–H groups in total. The van der Waals surface area contributed by atoms with Crippen molar-refractivity contribution in [2.24, 2.45) is 5.92 Å². The third kappa shape index (κ3) is 5.43. The van der Waals surface area contributed by atoms with E-state index in [9.17, 15) is 18.0 Å². The Balaban J connectivity index is 3.25. The van der Waals surface area contributed by atoms with Crippen LogP contribution in [0.4, 0.5) is 0 Å². The fourth-order valence-electron chi connectivity index (χ4n) is 2.14. The van der Waals surface area contributed by atoms with Crippen molar-refractivity contribution in [2.45, 2.75) is 44.7 Å². The zero-order chi connectivity index (χ0) is 19.4. The molecule has 0 radical (unpaired) electrons. The average molecular weight is 372 g/mol. The van der Waals surface area contributed by atoms with Crippen molar-refractivity contribution in [1.29, 1.82) is 0 Å². The normalized spacial score (nSPS) is 12.9. The Kier molecular flexibility index (Phi) is 6.95.